The molecule has 0 aliphatic rings. The van der Waals surface area contributed by atoms with E-state index >= 15 is 0 Å². The van der Waals surface area contributed by atoms with Crippen molar-refractivity contribution in [2.75, 3.05) is 21.3 Å². The fraction of sp³-hybridized carbons (Fsp3) is 0.250. The molecule has 0 heterocycles. The van der Waals surface area contributed by atoms with Gasteiger partial charge in [0.15, 0.2) is 23.1 Å². The van der Waals surface area contributed by atoms with Crippen LogP contribution in [0.3, 0.4) is 0 Å². The fourth-order valence-electron chi connectivity index (χ4n) is 2.15. The van der Waals surface area contributed by atoms with Crippen molar-refractivity contribution in [2.24, 2.45) is 5.73 Å². The van der Waals surface area contributed by atoms with Crippen molar-refractivity contribution in [1.29, 1.82) is 0 Å². The molecule has 0 aromatic heterocycles. The molecular weight excluding hydrogens is 273 g/mol. The van der Waals surface area contributed by atoms with Crippen LogP contribution in [0.5, 0.6) is 17.2 Å². The zero-order valence-corrected chi connectivity index (χ0v) is 12.2. The van der Waals surface area contributed by atoms with Gasteiger partial charge in [0, 0.05) is 5.56 Å². The molecule has 0 amide bonds. The van der Waals surface area contributed by atoms with Gasteiger partial charge >= 0.3 is 0 Å². The molecule has 4 nitrogen and oxygen atoms in total. The van der Waals surface area contributed by atoms with Gasteiger partial charge in [-0.1, -0.05) is 18.2 Å². The number of ether oxygens (including phenoxy) is 3. The van der Waals surface area contributed by atoms with E-state index in [9.17, 15) is 4.39 Å². The van der Waals surface area contributed by atoms with Crippen LogP contribution in [-0.2, 0) is 0 Å². The standard InChI is InChI=1S/C16H18FNO3/c1-19-12-8-7-10(9-14(12)21-3)16(18)11-5-4-6-13(20-2)15(11)17/h4-9,16H,18H2,1-3H3. The van der Waals surface area contributed by atoms with Gasteiger partial charge < -0.3 is 19.9 Å². The Hall–Kier alpha value is -2.27. The molecule has 2 rings (SSSR count). The van der Waals surface area contributed by atoms with Gasteiger partial charge in [-0.2, -0.15) is 0 Å². The van der Waals surface area contributed by atoms with Gasteiger partial charge in [-0.3, -0.25) is 0 Å². The maximum atomic E-state index is 14.3. The highest BCUT2D eigenvalue weighted by Gasteiger charge is 2.18. The Kier molecular flexibility index (Phi) is 4.65. The van der Waals surface area contributed by atoms with E-state index in [0.717, 1.165) is 5.56 Å². The predicted octanol–water partition coefficient (Wildman–Crippen LogP) is 2.90. The van der Waals surface area contributed by atoms with Crippen LogP contribution in [0.1, 0.15) is 17.2 Å². The first kappa shape index (κ1) is 15.1. The number of benzene rings is 2. The lowest BCUT2D eigenvalue weighted by atomic mass is 9.98. The molecule has 2 N–H and O–H groups in total. The quantitative estimate of drug-likeness (QED) is 0.920. The van der Waals surface area contributed by atoms with Crippen molar-refractivity contribution in [3.05, 3.63) is 53.3 Å². The molecular formula is C16H18FNO3. The Morgan fingerprint density at radius 1 is 0.905 bits per heavy atom. The molecule has 2 aromatic carbocycles. The van der Waals surface area contributed by atoms with E-state index in [-0.39, 0.29) is 5.75 Å². The summed E-state index contributed by atoms with van der Waals surface area (Å²) < 4.78 is 29.7. The van der Waals surface area contributed by atoms with E-state index in [4.69, 9.17) is 19.9 Å². The summed E-state index contributed by atoms with van der Waals surface area (Å²) in [5.41, 5.74) is 7.25. The largest absolute Gasteiger partial charge is 0.494 e. The minimum absolute atomic E-state index is 0.170. The van der Waals surface area contributed by atoms with Gasteiger partial charge in [0.05, 0.1) is 27.4 Å². The van der Waals surface area contributed by atoms with E-state index in [0.29, 0.717) is 17.1 Å². The lowest BCUT2D eigenvalue weighted by Crippen LogP contribution is -2.14. The topological polar surface area (TPSA) is 53.7 Å². The van der Waals surface area contributed by atoms with Crippen LogP contribution in [0, 0.1) is 5.82 Å². The number of rotatable bonds is 5. The molecule has 21 heavy (non-hydrogen) atoms. The van der Waals surface area contributed by atoms with E-state index in [1.54, 1.807) is 50.6 Å². The second kappa shape index (κ2) is 6.45. The molecule has 0 spiro atoms. The Bertz CT molecular complexity index is 631. The summed E-state index contributed by atoms with van der Waals surface area (Å²) in [6.07, 6.45) is 0. The zero-order valence-electron chi connectivity index (χ0n) is 12.2. The molecule has 0 aliphatic carbocycles. The zero-order chi connectivity index (χ0) is 15.4. The van der Waals surface area contributed by atoms with Crippen LogP contribution >= 0.6 is 0 Å². The molecule has 5 heteroatoms. The maximum absolute atomic E-state index is 14.3. The number of hydrogen-bond donors (Lipinski definition) is 1. The smallest absolute Gasteiger partial charge is 0.170 e. The van der Waals surface area contributed by atoms with Gasteiger partial charge in [0.1, 0.15) is 0 Å². The Labute approximate surface area is 123 Å². The van der Waals surface area contributed by atoms with Gasteiger partial charge in [-0.15, -0.1) is 0 Å². The second-order valence-electron chi connectivity index (χ2n) is 4.46. The molecule has 0 radical (unpaired) electrons. The molecule has 1 unspecified atom stereocenters. The lowest BCUT2D eigenvalue weighted by molar-refractivity contribution is 0.354. The third kappa shape index (κ3) is 2.92. The van der Waals surface area contributed by atoms with Crippen LogP contribution in [0.4, 0.5) is 4.39 Å². The maximum Gasteiger partial charge on any atom is 0.170 e. The second-order valence-corrected chi connectivity index (χ2v) is 4.46. The van der Waals surface area contributed by atoms with Crippen LogP contribution in [0.2, 0.25) is 0 Å². The molecule has 2 aromatic rings. The average Bonchev–Trinajstić information content (AvgIpc) is 2.53. The van der Waals surface area contributed by atoms with Crippen LogP contribution in [-0.4, -0.2) is 21.3 Å². The molecule has 1 atom stereocenters. The summed E-state index contributed by atoms with van der Waals surface area (Å²) in [7, 11) is 4.52. The van der Waals surface area contributed by atoms with E-state index < -0.39 is 11.9 Å². The first-order valence-electron chi connectivity index (χ1n) is 6.42. The van der Waals surface area contributed by atoms with Crippen molar-refractivity contribution in [2.45, 2.75) is 6.04 Å². The van der Waals surface area contributed by atoms with Crippen LogP contribution in [0.25, 0.3) is 0 Å². The van der Waals surface area contributed by atoms with Crippen molar-refractivity contribution >= 4 is 0 Å². The van der Waals surface area contributed by atoms with Crippen molar-refractivity contribution < 1.29 is 18.6 Å². The molecule has 0 aliphatic heterocycles. The van der Waals surface area contributed by atoms with Gasteiger partial charge in [-0.25, -0.2) is 4.39 Å². The summed E-state index contributed by atoms with van der Waals surface area (Å²) in [4.78, 5) is 0. The van der Waals surface area contributed by atoms with E-state index in [1.165, 1.54) is 7.11 Å². The van der Waals surface area contributed by atoms with Crippen molar-refractivity contribution in [1.82, 2.24) is 0 Å². The Balaban J connectivity index is 2.42. The summed E-state index contributed by atoms with van der Waals surface area (Å²) in [5.74, 6) is 0.860. The predicted molar refractivity (Wildman–Crippen MR) is 78.5 cm³/mol. The number of hydrogen-bond acceptors (Lipinski definition) is 4. The third-order valence-electron chi connectivity index (χ3n) is 3.31. The fourth-order valence-corrected chi connectivity index (χ4v) is 2.15. The third-order valence-corrected chi connectivity index (χ3v) is 3.31. The molecule has 0 fully saturated rings. The lowest BCUT2D eigenvalue weighted by Gasteiger charge is -2.17. The SMILES string of the molecule is COc1ccc(C(N)c2cccc(OC)c2F)cc1OC. The first-order valence-corrected chi connectivity index (χ1v) is 6.42. The van der Waals surface area contributed by atoms with E-state index in [2.05, 4.69) is 0 Å². The summed E-state index contributed by atoms with van der Waals surface area (Å²) in [6.45, 7) is 0. The Morgan fingerprint density at radius 3 is 2.19 bits per heavy atom. The van der Waals surface area contributed by atoms with Crippen molar-refractivity contribution in [3.8, 4) is 17.2 Å². The van der Waals surface area contributed by atoms with Gasteiger partial charge in [0.25, 0.3) is 0 Å². The Morgan fingerprint density at radius 2 is 1.57 bits per heavy atom. The highest BCUT2D eigenvalue weighted by atomic mass is 19.1. The highest BCUT2D eigenvalue weighted by Crippen LogP contribution is 2.33. The molecule has 0 saturated heterocycles. The number of halogens is 1. The van der Waals surface area contributed by atoms with Gasteiger partial charge in [0.2, 0.25) is 0 Å². The van der Waals surface area contributed by atoms with E-state index in [1.807, 2.05) is 0 Å². The summed E-state index contributed by atoms with van der Waals surface area (Å²) >= 11 is 0. The van der Waals surface area contributed by atoms with Crippen LogP contribution in [0.15, 0.2) is 36.4 Å². The summed E-state index contributed by atoms with van der Waals surface area (Å²) in [6, 6.07) is 9.54. The number of methoxy groups -OCH3 is 3. The average molecular weight is 291 g/mol. The van der Waals surface area contributed by atoms with Crippen molar-refractivity contribution in [3.63, 3.8) is 0 Å². The monoisotopic (exact) mass is 291 g/mol. The first-order chi connectivity index (χ1) is 10.1. The minimum Gasteiger partial charge on any atom is -0.494 e. The van der Waals surface area contributed by atoms with Gasteiger partial charge in [-0.05, 0) is 23.8 Å². The molecule has 0 bridgehead atoms. The minimum atomic E-state index is -0.625. The highest BCUT2D eigenvalue weighted by molar-refractivity contribution is 5.46. The summed E-state index contributed by atoms with van der Waals surface area (Å²) in [5, 5.41) is 0. The number of nitrogens with two attached hydrogens (primary N) is 1. The van der Waals surface area contributed by atoms with Crippen LogP contribution < -0.4 is 19.9 Å². The molecule has 0 saturated carbocycles. The molecule has 112 valence electrons. The normalized spacial score (nSPS) is 11.9.